The fraction of sp³-hybridized carbons (Fsp3) is 0.0312. The molecule has 0 fully saturated rings. The second kappa shape index (κ2) is 15.9. The average molecular weight is 887 g/mol. The molecule has 4 heteroatoms. The number of rotatable bonds is 8. The Labute approximate surface area is 397 Å². The first-order valence-electron chi connectivity index (χ1n) is 23.5. The molecule has 3 nitrogen and oxygen atoms in total. The van der Waals surface area contributed by atoms with Gasteiger partial charge in [0.15, 0.2) is 5.58 Å². The molecule has 1 aliphatic rings. The number of hydrogen-bond donors (Lipinski definition) is 0. The Morgan fingerprint density at radius 2 is 0.926 bits per heavy atom. The number of nitrogens with zero attached hydrogens (tertiary/aromatic N) is 2. The molecule has 13 rings (SSSR count). The average Bonchev–Trinajstić information content (AvgIpc) is 3.79. The molecule has 0 amide bonds. The summed E-state index contributed by atoms with van der Waals surface area (Å²) in [6, 6.07) is 88.5. The number of fused-ring (bicyclic) bond motifs is 6. The van der Waals surface area contributed by atoms with E-state index in [2.05, 4.69) is 259 Å². The fourth-order valence-electron chi connectivity index (χ4n) is 10.9. The van der Waals surface area contributed by atoms with Crippen molar-refractivity contribution < 1.29 is 4.42 Å². The molecule has 0 N–H and O–H groups in total. The van der Waals surface area contributed by atoms with Crippen LogP contribution in [0.5, 0.6) is 0 Å². The van der Waals surface area contributed by atoms with Crippen LogP contribution in [0.2, 0.25) is 13.1 Å². The minimum Gasteiger partial charge on any atom is -0.454 e. The van der Waals surface area contributed by atoms with E-state index in [1.807, 2.05) is 6.07 Å². The third-order valence-electron chi connectivity index (χ3n) is 14.2. The van der Waals surface area contributed by atoms with Crippen molar-refractivity contribution in [1.82, 2.24) is 0 Å². The van der Waals surface area contributed by atoms with E-state index >= 15 is 0 Å². The molecule has 0 aliphatic carbocycles. The topological polar surface area (TPSA) is 19.6 Å². The monoisotopic (exact) mass is 886 g/mol. The summed E-state index contributed by atoms with van der Waals surface area (Å²) in [4.78, 5) is 4.78. The number of furan rings is 1. The Kier molecular flexibility index (Phi) is 9.31. The Bertz CT molecular complexity index is 3890. The van der Waals surface area contributed by atoms with Crippen LogP contribution in [0.4, 0.5) is 34.1 Å². The van der Waals surface area contributed by atoms with E-state index in [9.17, 15) is 0 Å². The summed E-state index contributed by atoms with van der Waals surface area (Å²) >= 11 is 0. The predicted octanol–water partition coefficient (Wildman–Crippen LogP) is 17.0. The van der Waals surface area contributed by atoms with Crippen LogP contribution in [-0.4, -0.2) is 8.07 Å². The van der Waals surface area contributed by atoms with Gasteiger partial charge < -0.3 is 14.2 Å². The molecule has 1 aromatic heterocycles. The normalized spacial score (nSPS) is 12.7. The van der Waals surface area contributed by atoms with Crippen molar-refractivity contribution in [3.63, 3.8) is 0 Å². The van der Waals surface area contributed by atoms with Gasteiger partial charge in [0.05, 0.1) is 11.4 Å². The summed E-state index contributed by atoms with van der Waals surface area (Å²) in [5, 5.41) is 10.3. The van der Waals surface area contributed by atoms with E-state index in [1.165, 1.54) is 59.9 Å². The highest BCUT2D eigenvalue weighted by atomic mass is 28.3. The van der Waals surface area contributed by atoms with Crippen LogP contribution in [0.3, 0.4) is 0 Å². The molecule has 322 valence electrons. The summed E-state index contributed by atoms with van der Waals surface area (Å²) in [7, 11) is -2.22. The van der Waals surface area contributed by atoms with Gasteiger partial charge in [-0.25, -0.2) is 0 Å². The number of anilines is 6. The van der Waals surface area contributed by atoms with Crippen LogP contribution < -0.4 is 20.2 Å². The smallest absolute Gasteiger partial charge is 0.159 e. The van der Waals surface area contributed by atoms with Crippen molar-refractivity contribution in [3.05, 3.63) is 243 Å². The lowest BCUT2D eigenvalue weighted by Gasteiger charge is -2.35. The largest absolute Gasteiger partial charge is 0.454 e. The summed E-state index contributed by atoms with van der Waals surface area (Å²) in [6.07, 6.45) is 0. The van der Waals surface area contributed by atoms with Gasteiger partial charge >= 0.3 is 0 Å². The molecule has 0 unspecified atom stereocenters. The van der Waals surface area contributed by atoms with Gasteiger partial charge in [-0.3, -0.25) is 0 Å². The molecule has 68 heavy (non-hydrogen) atoms. The van der Waals surface area contributed by atoms with Gasteiger partial charge in [-0.2, -0.15) is 0 Å². The molecule has 0 saturated carbocycles. The first-order chi connectivity index (χ1) is 33.5. The molecule has 0 atom stereocenters. The highest BCUT2D eigenvalue weighted by molar-refractivity contribution is 7.03. The van der Waals surface area contributed by atoms with Crippen LogP contribution in [0.25, 0.3) is 76.9 Å². The zero-order valence-electron chi connectivity index (χ0n) is 37.9. The summed E-state index contributed by atoms with van der Waals surface area (Å²) in [5.74, 6) is 0. The second-order valence-corrected chi connectivity index (χ2v) is 22.8. The fourth-order valence-corrected chi connectivity index (χ4v) is 14.0. The second-order valence-electron chi connectivity index (χ2n) is 18.5. The van der Waals surface area contributed by atoms with Gasteiger partial charge in [-0.15, -0.1) is 0 Å². The Balaban J connectivity index is 0.929. The van der Waals surface area contributed by atoms with Crippen LogP contribution in [-0.2, 0) is 0 Å². The molecule has 12 aromatic rings. The van der Waals surface area contributed by atoms with Crippen molar-refractivity contribution >= 4 is 96.1 Å². The molecule has 0 radical (unpaired) electrons. The Morgan fingerprint density at radius 1 is 0.338 bits per heavy atom. The van der Waals surface area contributed by atoms with Gasteiger partial charge in [0.25, 0.3) is 0 Å². The third kappa shape index (κ3) is 6.40. The molecule has 0 bridgehead atoms. The number of para-hydroxylation sites is 4. The predicted molar refractivity (Wildman–Crippen MR) is 291 cm³/mol. The van der Waals surface area contributed by atoms with Gasteiger partial charge in [-0.1, -0.05) is 189 Å². The van der Waals surface area contributed by atoms with Crippen molar-refractivity contribution in [3.8, 4) is 33.4 Å². The molecule has 2 heterocycles. The first kappa shape index (κ1) is 39.9. The van der Waals surface area contributed by atoms with Gasteiger partial charge in [0, 0.05) is 39.1 Å². The molecular weight excluding hydrogens is 841 g/mol. The van der Waals surface area contributed by atoms with Gasteiger partial charge in [0.2, 0.25) is 0 Å². The minimum atomic E-state index is -2.22. The van der Waals surface area contributed by atoms with Gasteiger partial charge in [-0.05, 0) is 126 Å². The molecular formula is C64H46N2OSi. The van der Waals surface area contributed by atoms with E-state index in [0.717, 1.165) is 61.5 Å². The van der Waals surface area contributed by atoms with E-state index in [-0.39, 0.29) is 0 Å². The molecule has 0 saturated heterocycles. The van der Waals surface area contributed by atoms with E-state index in [0.29, 0.717) is 0 Å². The maximum Gasteiger partial charge on any atom is 0.159 e. The van der Waals surface area contributed by atoms with Crippen molar-refractivity contribution in [2.45, 2.75) is 13.1 Å². The third-order valence-corrected chi connectivity index (χ3v) is 17.8. The van der Waals surface area contributed by atoms with Crippen LogP contribution in [0, 0.1) is 0 Å². The van der Waals surface area contributed by atoms with E-state index in [1.54, 1.807) is 0 Å². The summed E-state index contributed by atoms with van der Waals surface area (Å²) < 4.78 is 6.71. The standard InChI is InChI=1S/C64H46N2OSi/c1-68(2)61-30-16-25-55-51(39-40-56(63(55)61)54-38-37-50(42-62(54)68)65(47-21-7-4-8-22-47)49-36-31-43-17-9-10-20-46(43)41-49)45-32-34-48(35-33-45)66(58-27-13-11-23-52(58)44-18-5-3-6-19-44)59-28-15-26-57-53-24-12-14-29-60(53)67-64(57)59/h3-42H,1-2H3. The number of benzene rings is 11. The number of hydrogen-bond acceptors (Lipinski definition) is 3. The Morgan fingerprint density at radius 3 is 1.78 bits per heavy atom. The zero-order valence-corrected chi connectivity index (χ0v) is 38.9. The lowest BCUT2D eigenvalue weighted by molar-refractivity contribution is 0.669. The van der Waals surface area contributed by atoms with Crippen molar-refractivity contribution in [2.75, 3.05) is 9.80 Å². The quantitative estimate of drug-likeness (QED) is 0.142. The Hall–Kier alpha value is -8.44. The molecule has 1 aliphatic heterocycles. The minimum absolute atomic E-state index is 0.866. The van der Waals surface area contributed by atoms with Crippen LogP contribution in [0.1, 0.15) is 0 Å². The van der Waals surface area contributed by atoms with Gasteiger partial charge in [0.1, 0.15) is 13.7 Å². The lowest BCUT2D eigenvalue weighted by atomic mass is 9.91. The van der Waals surface area contributed by atoms with Crippen molar-refractivity contribution in [1.29, 1.82) is 0 Å². The lowest BCUT2D eigenvalue weighted by Crippen LogP contribution is -2.56. The molecule has 11 aromatic carbocycles. The molecule has 0 spiro atoms. The summed E-state index contributed by atoms with van der Waals surface area (Å²) in [5.41, 5.74) is 15.7. The van der Waals surface area contributed by atoms with E-state index < -0.39 is 8.07 Å². The van der Waals surface area contributed by atoms with E-state index in [4.69, 9.17) is 4.42 Å². The SMILES string of the molecule is C[Si]1(C)c2cc(N(c3ccccc3)c3ccc4ccccc4c3)ccc2-c2ccc(-c3ccc(N(c4ccccc4-c4ccccc4)c4cccc5c4oc4ccccc45)cc3)c3cccc1c23. The summed E-state index contributed by atoms with van der Waals surface area (Å²) in [6.45, 7) is 5.06. The highest BCUT2D eigenvalue weighted by Crippen LogP contribution is 2.47. The maximum absolute atomic E-state index is 6.71. The van der Waals surface area contributed by atoms with Crippen molar-refractivity contribution in [2.24, 2.45) is 0 Å². The van der Waals surface area contributed by atoms with Crippen LogP contribution in [0.15, 0.2) is 247 Å². The highest BCUT2D eigenvalue weighted by Gasteiger charge is 2.36. The zero-order chi connectivity index (χ0) is 45.3. The van der Waals surface area contributed by atoms with Crippen LogP contribution >= 0.6 is 0 Å². The first-order valence-corrected chi connectivity index (χ1v) is 26.5. The maximum atomic E-state index is 6.71.